The quantitative estimate of drug-likeness (QED) is 0.118. The molecule has 0 radical (unpaired) electrons. The molecule has 0 amide bonds. The molecule has 0 fully saturated rings. The highest BCUT2D eigenvalue weighted by Gasteiger charge is 2.17. The molecule has 36 heavy (non-hydrogen) atoms. The number of ether oxygens (including phenoxy) is 2. The smallest absolute Gasteiger partial charge is 0.304 e. The fraction of sp³-hybridized carbons (Fsp3) is 0.533. The number of rotatable bonds is 17. The third-order valence-corrected chi connectivity index (χ3v) is 6.14. The molecule has 6 nitrogen and oxygen atoms in total. The van der Waals surface area contributed by atoms with Crippen LogP contribution in [0.5, 0.6) is 5.75 Å². The van der Waals surface area contributed by atoms with E-state index in [4.69, 9.17) is 9.47 Å². The Kier molecular flexibility index (Phi) is 13.8. The van der Waals surface area contributed by atoms with E-state index in [9.17, 15) is 4.79 Å². The Bertz CT molecular complexity index is 891. The Morgan fingerprint density at radius 1 is 0.917 bits per heavy atom. The summed E-state index contributed by atoms with van der Waals surface area (Å²) in [6.45, 7) is 13.7. The molecule has 0 N–H and O–H groups in total. The molecule has 0 aromatic heterocycles. The van der Waals surface area contributed by atoms with Crippen molar-refractivity contribution in [2.24, 2.45) is 4.99 Å². The molecule has 6 heteroatoms. The molecule has 0 aliphatic rings. The van der Waals surface area contributed by atoms with E-state index in [0.717, 1.165) is 62.4 Å². The molecule has 0 bridgehead atoms. The van der Waals surface area contributed by atoms with Gasteiger partial charge in [0.1, 0.15) is 5.75 Å². The molecular weight excluding hydrogens is 450 g/mol. The number of methoxy groups -OCH3 is 1. The molecule has 0 saturated heterocycles. The largest absolute Gasteiger partial charge is 0.497 e. The molecule has 0 heterocycles. The second kappa shape index (κ2) is 16.9. The topological polar surface area (TPSA) is 54.4 Å². The average Bonchev–Trinajstić information content (AvgIpc) is 2.87. The SMILES string of the molecule is CCCN(CCC)CCCCN(Cc1ccc(C/N=C/c2ccc(OC)cc2)cc1)C(C)OC(C)=O. The maximum absolute atomic E-state index is 11.6. The molecule has 0 aliphatic heterocycles. The minimum Gasteiger partial charge on any atom is -0.497 e. The molecule has 0 aliphatic carbocycles. The molecule has 198 valence electrons. The average molecular weight is 496 g/mol. The molecule has 2 rings (SSSR count). The Morgan fingerprint density at radius 3 is 2.11 bits per heavy atom. The van der Waals surface area contributed by atoms with Gasteiger partial charge in [0.15, 0.2) is 6.23 Å². The first-order valence-electron chi connectivity index (χ1n) is 13.3. The molecule has 2 aromatic rings. The Morgan fingerprint density at radius 2 is 1.53 bits per heavy atom. The first kappa shape index (κ1) is 29.5. The predicted octanol–water partition coefficient (Wildman–Crippen LogP) is 5.93. The van der Waals surface area contributed by atoms with E-state index >= 15 is 0 Å². The van der Waals surface area contributed by atoms with Gasteiger partial charge in [-0.3, -0.25) is 14.7 Å². The van der Waals surface area contributed by atoms with Gasteiger partial charge in [-0.25, -0.2) is 0 Å². The maximum Gasteiger partial charge on any atom is 0.304 e. The van der Waals surface area contributed by atoms with Crippen molar-refractivity contribution in [3.63, 3.8) is 0 Å². The van der Waals surface area contributed by atoms with E-state index in [-0.39, 0.29) is 12.2 Å². The second-order valence-corrected chi connectivity index (χ2v) is 9.29. The summed E-state index contributed by atoms with van der Waals surface area (Å²) < 4.78 is 10.7. The highest BCUT2D eigenvalue weighted by atomic mass is 16.6. The number of benzene rings is 2. The molecule has 1 atom stereocenters. The van der Waals surface area contributed by atoms with E-state index in [1.165, 1.54) is 25.3 Å². The summed E-state index contributed by atoms with van der Waals surface area (Å²) in [6, 6.07) is 16.4. The van der Waals surface area contributed by atoms with Gasteiger partial charge in [-0.05, 0) is 93.2 Å². The zero-order valence-electron chi connectivity index (χ0n) is 22.9. The molecule has 2 aromatic carbocycles. The number of carbonyl (C=O) groups excluding carboxylic acids is 1. The van der Waals surface area contributed by atoms with Gasteiger partial charge in [-0.15, -0.1) is 0 Å². The lowest BCUT2D eigenvalue weighted by atomic mass is 10.1. The van der Waals surface area contributed by atoms with Crippen LogP contribution in [-0.4, -0.2) is 61.5 Å². The Balaban J connectivity index is 1.90. The fourth-order valence-corrected chi connectivity index (χ4v) is 4.25. The van der Waals surface area contributed by atoms with E-state index < -0.39 is 0 Å². The van der Waals surface area contributed by atoms with Crippen molar-refractivity contribution >= 4 is 12.2 Å². The summed E-state index contributed by atoms with van der Waals surface area (Å²) in [6.07, 6.45) is 6.25. The monoisotopic (exact) mass is 495 g/mol. The van der Waals surface area contributed by atoms with Crippen molar-refractivity contribution in [3.05, 3.63) is 65.2 Å². The molecule has 1 unspecified atom stereocenters. The normalized spacial score (nSPS) is 12.4. The van der Waals surface area contributed by atoms with E-state index in [1.54, 1.807) is 7.11 Å². The predicted molar refractivity (Wildman–Crippen MR) is 149 cm³/mol. The third kappa shape index (κ3) is 11.4. The first-order chi connectivity index (χ1) is 17.4. The van der Waals surface area contributed by atoms with Crippen LogP contribution < -0.4 is 4.74 Å². The van der Waals surface area contributed by atoms with Crippen LogP contribution in [0.3, 0.4) is 0 Å². The Labute approximate surface area is 218 Å². The lowest BCUT2D eigenvalue weighted by Gasteiger charge is -2.29. The number of esters is 1. The number of hydrogen-bond acceptors (Lipinski definition) is 6. The number of aliphatic imine (C=N–C) groups is 1. The summed E-state index contributed by atoms with van der Waals surface area (Å²) in [7, 11) is 1.67. The fourth-order valence-electron chi connectivity index (χ4n) is 4.25. The van der Waals surface area contributed by atoms with Gasteiger partial charge in [-0.2, -0.15) is 0 Å². The van der Waals surface area contributed by atoms with Gasteiger partial charge in [0.05, 0.1) is 13.7 Å². The minimum absolute atomic E-state index is 0.241. The van der Waals surface area contributed by atoms with E-state index in [0.29, 0.717) is 6.54 Å². The third-order valence-electron chi connectivity index (χ3n) is 6.14. The van der Waals surface area contributed by atoms with E-state index in [1.807, 2.05) is 37.4 Å². The van der Waals surface area contributed by atoms with Crippen LogP contribution in [0.4, 0.5) is 0 Å². The van der Waals surface area contributed by atoms with Crippen molar-refractivity contribution in [1.82, 2.24) is 9.80 Å². The number of carbonyl (C=O) groups is 1. The zero-order valence-corrected chi connectivity index (χ0v) is 22.9. The van der Waals surface area contributed by atoms with Crippen LogP contribution in [-0.2, 0) is 22.6 Å². The summed E-state index contributed by atoms with van der Waals surface area (Å²) in [4.78, 5) is 21.0. The first-order valence-corrected chi connectivity index (χ1v) is 13.3. The van der Waals surface area contributed by atoms with Crippen molar-refractivity contribution < 1.29 is 14.3 Å². The lowest BCUT2D eigenvalue weighted by Crippen LogP contribution is -2.37. The van der Waals surface area contributed by atoms with Crippen LogP contribution in [0.25, 0.3) is 0 Å². The highest BCUT2D eigenvalue weighted by molar-refractivity contribution is 5.79. The minimum atomic E-state index is -0.251. The number of unbranched alkanes of at least 4 members (excludes halogenated alkanes) is 1. The molecular formula is C30H45N3O3. The molecule has 0 spiro atoms. The van der Waals surface area contributed by atoms with Gasteiger partial charge in [-0.1, -0.05) is 38.1 Å². The van der Waals surface area contributed by atoms with Crippen LogP contribution in [0.1, 0.15) is 70.1 Å². The van der Waals surface area contributed by atoms with Gasteiger partial charge in [0.25, 0.3) is 0 Å². The number of hydrogen-bond donors (Lipinski definition) is 0. The van der Waals surface area contributed by atoms with Crippen LogP contribution in [0.2, 0.25) is 0 Å². The van der Waals surface area contributed by atoms with Crippen molar-refractivity contribution in [1.29, 1.82) is 0 Å². The second-order valence-electron chi connectivity index (χ2n) is 9.29. The van der Waals surface area contributed by atoms with Gasteiger partial charge < -0.3 is 14.4 Å². The summed E-state index contributed by atoms with van der Waals surface area (Å²) in [5.74, 6) is 0.601. The summed E-state index contributed by atoms with van der Waals surface area (Å²) in [5, 5.41) is 0. The maximum atomic E-state index is 11.6. The number of nitrogens with zero attached hydrogens (tertiary/aromatic N) is 3. The summed E-state index contributed by atoms with van der Waals surface area (Å²) >= 11 is 0. The van der Waals surface area contributed by atoms with Crippen LogP contribution >= 0.6 is 0 Å². The van der Waals surface area contributed by atoms with Gasteiger partial charge in [0, 0.05) is 26.2 Å². The van der Waals surface area contributed by atoms with E-state index in [2.05, 4.69) is 52.9 Å². The van der Waals surface area contributed by atoms with Gasteiger partial charge >= 0.3 is 5.97 Å². The van der Waals surface area contributed by atoms with Gasteiger partial charge in [0.2, 0.25) is 0 Å². The van der Waals surface area contributed by atoms with Crippen molar-refractivity contribution in [2.75, 3.05) is 33.3 Å². The lowest BCUT2D eigenvalue weighted by molar-refractivity contribution is -0.155. The summed E-state index contributed by atoms with van der Waals surface area (Å²) in [5.41, 5.74) is 3.42. The Hall–Kier alpha value is -2.70. The van der Waals surface area contributed by atoms with Crippen LogP contribution in [0.15, 0.2) is 53.5 Å². The van der Waals surface area contributed by atoms with Crippen LogP contribution in [0, 0.1) is 0 Å². The standard InChI is InChI=1S/C30H45N3O3/c1-6-18-32(19-7-2)20-8-9-21-33(25(3)36-26(4)34)24-29-12-10-27(11-13-29)22-31-23-28-14-16-30(35-5)17-15-28/h10-17,23,25H,6-9,18-22,24H2,1-5H3/b31-23+. The molecule has 0 saturated carbocycles. The highest BCUT2D eigenvalue weighted by Crippen LogP contribution is 2.14. The zero-order chi connectivity index (χ0) is 26.2. The van der Waals surface area contributed by atoms with Crippen molar-refractivity contribution in [2.45, 2.75) is 72.7 Å². The van der Waals surface area contributed by atoms with Crippen molar-refractivity contribution in [3.8, 4) is 5.75 Å².